The number of fused-ring (bicyclic) bond motifs is 1. The summed E-state index contributed by atoms with van der Waals surface area (Å²) in [5.74, 6) is 3.49. The van der Waals surface area contributed by atoms with Crippen molar-refractivity contribution in [1.82, 2.24) is 0 Å². The van der Waals surface area contributed by atoms with Gasteiger partial charge in [-0.25, -0.2) is 0 Å². The van der Waals surface area contributed by atoms with E-state index in [-0.39, 0.29) is 0 Å². The van der Waals surface area contributed by atoms with Crippen LogP contribution < -0.4 is 0 Å². The molecule has 0 unspecified atom stereocenters. The van der Waals surface area contributed by atoms with Crippen LogP contribution in [-0.4, -0.2) is 5.29 Å². The van der Waals surface area contributed by atoms with E-state index in [2.05, 4.69) is 31.8 Å². The van der Waals surface area contributed by atoms with Crippen LogP contribution in [0.5, 0.6) is 0 Å². The third kappa shape index (κ3) is 1.64. The molecule has 0 spiro atoms. The first kappa shape index (κ1) is 9.93. The first-order valence-electron chi connectivity index (χ1n) is 5.48. The van der Waals surface area contributed by atoms with E-state index in [0.717, 1.165) is 0 Å². The highest BCUT2D eigenvalue weighted by Crippen LogP contribution is 2.37. The molecule has 0 amide bonds. The Hall–Kier alpha value is -0.610. The smallest absolute Gasteiger partial charge is 0.0184 e. The molecule has 0 N–H and O–H groups in total. The quantitative estimate of drug-likeness (QED) is 0.598. The number of hydrogen-bond acceptors (Lipinski definition) is 0. The number of allylic oxidation sites excluding steroid dienone is 5. The van der Waals surface area contributed by atoms with E-state index in [9.17, 15) is 0 Å². The van der Waals surface area contributed by atoms with Gasteiger partial charge in [0, 0.05) is 11.1 Å². The van der Waals surface area contributed by atoms with Gasteiger partial charge in [0.25, 0.3) is 0 Å². The second kappa shape index (κ2) is 4.28. The van der Waals surface area contributed by atoms with Crippen molar-refractivity contribution in [3.05, 3.63) is 34.7 Å². The van der Waals surface area contributed by atoms with Crippen molar-refractivity contribution in [2.24, 2.45) is 0 Å². The topological polar surface area (TPSA) is 0 Å². The molecule has 0 aromatic rings. The normalized spacial score (nSPS) is 19.9. The maximum absolute atomic E-state index is 3.49. The second-order valence-electron chi connectivity index (χ2n) is 3.82. The van der Waals surface area contributed by atoms with Gasteiger partial charge < -0.3 is 0 Å². The lowest BCUT2D eigenvalue weighted by Gasteiger charge is -2.07. The van der Waals surface area contributed by atoms with Crippen LogP contribution in [0.25, 0.3) is 0 Å². The lowest BCUT2D eigenvalue weighted by atomic mass is 9.97. The molecule has 1 heteroatoms. The third-order valence-corrected chi connectivity index (χ3v) is 3.65. The lowest BCUT2D eigenvalue weighted by molar-refractivity contribution is 0.898. The van der Waals surface area contributed by atoms with Crippen molar-refractivity contribution < 1.29 is 0 Å². The fourth-order valence-electron chi connectivity index (χ4n) is 2.04. The molecule has 0 bridgehead atoms. The minimum atomic E-state index is 1.20. The van der Waals surface area contributed by atoms with Crippen LogP contribution in [0.1, 0.15) is 39.5 Å². The average molecular weight is 203 g/mol. The molecule has 1 heterocycles. The van der Waals surface area contributed by atoms with Gasteiger partial charge in [-0.05, 0) is 35.6 Å². The molecule has 14 heavy (non-hydrogen) atoms. The highest BCUT2D eigenvalue weighted by atomic mass is 31.1. The van der Waals surface area contributed by atoms with Crippen molar-refractivity contribution >= 4 is 13.5 Å². The summed E-state index contributed by atoms with van der Waals surface area (Å²) >= 11 is 0. The largest absolute Gasteiger partial charge is 0.0651 e. The zero-order chi connectivity index (χ0) is 9.97. The van der Waals surface area contributed by atoms with Crippen LogP contribution in [0.2, 0.25) is 0 Å². The molecule has 2 rings (SSSR count). The molecule has 1 radical (unpaired) electrons. The van der Waals surface area contributed by atoms with Crippen LogP contribution in [0.15, 0.2) is 28.9 Å². The Labute approximate surface area is 88.2 Å². The summed E-state index contributed by atoms with van der Waals surface area (Å²) in [6.45, 7) is 4.49. The van der Waals surface area contributed by atoms with Crippen LogP contribution in [0.4, 0.5) is 0 Å². The summed E-state index contributed by atoms with van der Waals surface area (Å²) in [4.78, 5) is 0. The summed E-state index contributed by atoms with van der Waals surface area (Å²) in [5, 5.41) is 1.48. The Kier molecular flexibility index (Phi) is 3.03. The van der Waals surface area contributed by atoms with Crippen molar-refractivity contribution in [3.8, 4) is 0 Å². The number of hydrogen-bond donors (Lipinski definition) is 0. The van der Waals surface area contributed by atoms with E-state index < -0.39 is 0 Å². The Balaban J connectivity index is 2.25. The van der Waals surface area contributed by atoms with Crippen molar-refractivity contribution in [2.45, 2.75) is 39.5 Å². The molecule has 0 saturated carbocycles. The van der Waals surface area contributed by atoms with Crippen LogP contribution in [-0.2, 0) is 0 Å². The average Bonchev–Trinajstić information content (AvgIpc) is 2.72. The molecule has 1 aliphatic heterocycles. The van der Waals surface area contributed by atoms with Crippen molar-refractivity contribution in [1.29, 1.82) is 0 Å². The first-order valence-corrected chi connectivity index (χ1v) is 6.37. The Morgan fingerprint density at radius 1 is 1.14 bits per heavy atom. The zero-order valence-electron chi connectivity index (χ0n) is 8.93. The maximum atomic E-state index is 3.49. The molecule has 0 fully saturated rings. The predicted octanol–water partition coefficient (Wildman–Crippen LogP) is 4.27. The summed E-state index contributed by atoms with van der Waals surface area (Å²) in [5.41, 5.74) is 4.55. The van der Waals surface area contributed by atoms with Crippen LogP contribution in [0, 0.1) is 5.82 Å². The zero-order valence-corrected chi connectivity index (χ0v) is 9.82. The standard InChI is InChI=1S/C13H16P/c1-3-5-10-7-8-12-13(10)11(6-4-2)9-14-12/h7-8H,3-6H2,1-2H3. The van der Waals surface area contributed by atoms with E-state index in [0.29, 0.717) is 0 Å². The lowest BCUT2D eigenvalue weighted by Crippen LogP contribution is -1.95. The molecular weight excluding hydrogens is 187 g/mol. The molecule has 73 valence electrons. The van der Waals surface area contributed by atoms with Crippen molar-refractivity contribution in [2.75, 3.05) is 0 Å². The van der Waals surface area contributed by atoms with Gasteiger partial charge in [0.1, 0.15) is 0 Å². The van der Waals surface area contributed by atoms with E-state index >= 15 is 0 Å². The van der Waals surface area contributed by atoms with Gasteiger partial charge in [0.15, 0.2) is 0 Å². The van der Waals surface area contributed by atoms with Crippen LogP contribution >= 0.6 is 8.20 Å². The minimum Gasteiger partial charge on any atom is -0.0651 e. The van der Waals surface area contributed by atoms with Gasteiger partial charge >= 0.3 is 0 Å². The van der Waals surface area contributed by atoms with Gasteiger partial charge in [-0.15, -0.1) is 0 Å². The third-order valence-electron chi connectivity index (χ3n) is 2.65. The second-order valence-corrected chi connectivity index (χ2v) is 4.75. The van der Waals surface area contributed by atoms with Gasteiger partial charge in [0.2, 0.25) is 0 Å². The maximum Gasteiger partial charge on any atom is 0.0184 e. The van der Waals surface area contributed by atoms with Crippen molar-refractivity contribution in [3.63, 3.8) is 0 Å². The number of rotatable bonds is 4. The van der Waals surface area contributed by atoms with E-state index in [4.69, 9.17) is 0 Å². The Morgan fingerprint density at radius 3 is 2.64 bits per heavy atom. The van der Waals surface area contributed by atoms with Gasteiger partial charge in [-0.2, -0.15) is 0 Å². The first-order chi connectivity index (χ1) is 6.86. The van der Waals surface area contributed by atoms with E-state index in [1.165, 1.54) is 50.3 Å². The monoisotopic (exact) mass is 203 g/mol. The molecule has 0 nitrogen and oxygen atoms in total. The summed E-state index contributed by atoms with van der Waals surface area (Å²) in [6.07, 6.45) is 9.47. The Bertz CT molecular complexity index is 353. The highest BCUT2D eigenvalue weighted by Gasteiger charge is 2.21. The fraction of sp³-hybridized carbons (Fsp3) is 0.462. The summed E-state index contributed by atoms with van der Waals surface area (Å²) in [7, 11) is 1.29. The molecule has 0 aromatic carbocycles. The summed E-state index contributed by atoms with van der Waals surface area (Å²) in [6, 6.07) is 0. The Morgan fingerprint density at radius 2 is 1.93 bits per heavy atom. The SMILES string of the molecule is CCCC1=[C]P=C2C=CC(CCC)=C12. The predicted molar refractivity (Wildman–Crippen MR) is 64.7 cm³/mol. The minimum absolute atomic E-state index is 1.20. The molecule has 0 saturated heterocycles. The molecule has 0 atom stereocenters. The molecule has 0 aromatic heterocycles. The van der Waals surface area contributed by atoms with Gasteiger partial charge in [0.05, 0.1) is 0 Å². The van der Waals surface area contributed by atoms with Crippen LogP contribution in [0.3, 0.4) is 0 Å². The van der Waals surface area contributed by atoms with E-state index in [1.54, 1.807) is 5.57 Å². The van der Waals surface area contributed by atoms with E-state index in [1.807, 2.05) is 0 Å². The van der Waals surface area contributed by atoms with Gasteiger partial charge in [-0.1, -0.05) is 41.0 Å². The molecule has 2 aliphatic rings. The summed E-state index contributed by atoms with van der Waals surface area (Å²) < 4.78 is 0. The molecular formula is C13H16P. The fourth-order valence-corrected chi connectivity index (χ4v) is 3.06. The van der Waals surface area contributed by atoms with Gasteiger partial charge in [-0.3, -0.25) is 0 Å². The molecule has 1 aliphatic carbocycles. The highest BCUT2D eigenvalue weighted by molar-refractivity contribution is 7.44.